The van der Waals surface area contributed by atoms with Gasteiger partial charge in [0.05, 0.1) is 7.11 Å². The Balaban J connectivity index is 2.02. The summed E-state index contributed by atoms with van der Waals surface area (Å²) in [4.78, 5) is 13.8. The molecule has 1 aliphatic heterocycles. The fourth-order valence-electron chi connectivity index (χ4n) is 2.93. The van der Waals surface area contributed by atoms with Crippen LogP contribution in [0.15, 0.2) is 18.2 Å². The Morgan fingerprint density at radius 3 is 2.86 bits per heavy atom. The molecule has 0 spiro atoms. The highest BCUT2D eigenvalue weighted by Gasteiger charge is 2.16. The molecule has 21 heavy (non-hydrogen) atoms. The quantitative estimate of drug-likeness (QED) is 0.817. The molecule has 4 nitrogen and oxygen atoms in total. The number of ether oxygens (including phenoxy) is 1. The number of rotatable bonds is 6. The number of carbonyl (C=O) groups is 1. The first-order chi connectivity index (χ1) is 10.1. The summed E-state index contributed by atoms with van der Waals surface area (Å²) in [7, 11) is 3.80. The fraction of sp³-hybridized carbons (Fsp3) is 0.588. The second kappa shape index (κ2) is 7.57. The summed E-state index contributed by atoms with van der Waals surface area (Å²) in [6.07, 6.45) is 3.85. The van der Waals surface area contributed by atoms with Gasteiger partial charge < -0.3 is 15.0 Å². The summed E-state index contributed by atoms with van der Waals surface area (Å²) in [6.45, 7) is 4.54. The number of likely N-dealkylation sites (N-methyl/N-ethyl adjacent to an activating group) is 1. The molecular formula is C17H26N2O2. The summed E-state index contributed by atoms with van der Waals surface area (Å²) in [5.74, 6) is 0.943. The van der Waals surface area contributed by atoms with Crippen LogP contribution in [0.4, 0.5) is 0 Å². The number of methoxy groups -OCH3 is 1. The van der Waals surface area contributed by atoms with Gasteiger partial charge in [-0.25, -0.2) is 0 Å². The number of hydrogen-bond acceptors (Lipinski definition) is 4. The number of ketones is 1. The number of nitrogens with zero attached hydrogens (tertiary/aromatic N) is 1. The van der Waals surface area contributed by atoms with Gasteiger partial charge in [0.15, 0.2) is 5.78 Å². The molecule has 1 aromatic rings. The lowest BCUT2D eigenvalue weighted by atomic mass is 10.0. The summed E-state index contributed by atoms with van der Waals surface area (Å²) in [5.41, 5.74) is 1.82. The average Bonchev–Trinajstić information content (AvgIpc) is 2.48. The maximum absolute atomic E-state index is 11.5. The van der Waals surface area contributed by atoms with E-state index in [0.29, 0.717) is 6.04 Å². The van der Waals surface area contributed by atoms with Crippen LogP contribution in [0.1, 0.15) is 42.1 Å². The molecule has 1 fully saturated rings. The lowest BCUT2D eigenvalue weighted by molar-refractivity contribution is 0.101. The molecule has 1 aliphatic rings. The zero-order valence-electron chi connectivity index (χ0n) is 13.3. The van der Waals surface area contributed by atoms with Crippen molar-refractivity contribution in [1.82, 2.24) is 10.2 Å². The third-order valence-corrected chi connectivity index (χ3v) is 4.07. The minimum atomic E-state index is 0.0931. The van der Waals surface area contributed by atoms with Gasteiger partial charge in [0, 0.05) is 30.3 Å². The first-order valence-corrected chi connectivity index (χ1v) is 7.70. The van der Waals surface area contributed by atoms with Gasteiger partial charge in [-0.3, -0.25) is 4.79 Å². The molecule has 1 aromatic carbocycles. The van der Waals surface area contributed by atoms with E-state index in [1.165, 1.54) is 19.3 Å². The van der Waals surface area contributed by atoms with Crippen LogP contribution < -0.4 is 10.1 Å². The van der Waals surface area contributed by atoms with Crippen molar-refractivity contribution >= 4 is 5.78 Å². The van der Waals surface area contributed by atoms with Crippen molar-refractivity contribution in [2.45, 2.75) is 38.8 Å². The largest absolute Gasteiger partial charge is 0.496 e. The van der Waals surface area contributed by atoms with Gasteiger partial charge in [0.2, 0.25) is 0 Å². The average molecular weight is 290 g/mol. The lowest BCUT2D eigenvalue weighted by Crippen LogP contribution is -2.42. The van der Waals surface area contributed by atoms with Crippen LogP contribution in [0.3, 0.4) is 0 Å². The first-order valence-electron chi connectivity index (χ1n) is 7.70. The molecule has 4 heteroatoms. The van der Waals surface area contributed by atoms with E-state index in [1.807, 2.05) is 18.2 Å². The summed E-state index contributed by atoms with van der Waals surface area (Å²) >= 11 is 0. The molecule has 0 aromatic heterocycles. The lowest BCUT2D eigenvalue weighted by Gasteiger charge is -2.28. The fourth-order valence-corrected chi connectivity index (χ4v) is 2.93. The maximum Gasteiger partial charge on any atom is 0.159 e. The van der Waals surface area contributed by atoms with E-state index >= 15 is 0 Å². The Kier molecular flexibility index (Phi) is 5.76. The molecule has 0 amide bonds. The van der Waals surface area contributed by atoms with E-state index in [4.69, 9.17) is 4.74 Å². The standard InChI is InChI=1S/C17H26N2O2/c1-13(20)14-7-8-17(21-3)15(10-14)11-19(2)12-16-6-4-5-9-18-16/h7-8,10,16,18H,4-6,9,11-12H2,1-3H3. The summed E-state index contributed by atoms with van der Waals surface area (Å²) in [5, 5.41) is 3.57. The molecule has 0 radical (unpaired) electrons. The molecule has 0 bridgehead atoms. The monoisotopic (exact) mass is 290 g/mol. The second-order valence-corrected chi connectivity index (χ2v) is 5.93. The van der Waals surface area contributed by atoms with Crippen LogP contribution in [0.25, 0.3) is 0 Å². The zero-order valence-corrected chi connectivity index (χ0v) is 13.3. The first kappa shape index (κ1) is 16.0. The molecule has 1 unspecified atom stereocenters. The van der Waals surface area contributed by atoms with E-state index in [0.717, 1.165) is 36.5 Å². The smallest absolute Gasteiger partial charge is 0.159 e. The van der Waals surface area contributed by atoms with Gasteiger partial charge >= 0.3 is 0 Å². The van der Waals surface area contributed by atoms with Gasteiger partial charge in [-0.1, -0.05) is 6.42 Å². The third-order valence-electron chi connectivity index (χ3n) is 4.07. The Labute approximate surface area is 127 Å². The van der Waals surface area contributed by atoms with Crippen molar-refractivity contribution in [2.75, 3.05) is 27.2 Å². The van der Waals surface area contributed by atoms with E-state index in [9.17, 15) is 4.79 Å². The Bertz CT molecular complexity index is 482. The minimum Gasteiger partial charge on any atom is -0.496 e. The van der Waals surface area contributed by atoms with E-state index in [2.05, 4.69) is 17.3 Å². The predicted molar refractivity (Wildman–Crippen MR) is 85.0 cm³/mol. The van der Waals surface area contributed by atoms with Crippen molar-refractivity contribution in [1.29, 1.82) is 0 Å². The van der Waals surface area contributed by atoms with Crippen molar-refractivity contribution < 1.29 is 9.53 Å². The minimum absolute atomic E-state index is 0.0931. The molecule has 2 rings (SSSR count). The van der Waals surface area contributed by atoms with Gasteiger partial charge in [-0.2, -0.15) is 0 Å². The normalized spacial score (nSPS) is 18.8. The molecule has 116 valence electrons. The molecular weight excluding hydrogens is 264 g/mol. The second-order valence-electron chi connectivity index (χ2n) is 5.93. The summed E-state index contributed by atoms with van der Waals surface area (Å²) in [6, 6.07) is 6.24. The van der Waals surface area contributed by atoms with E-state index in [1.54, 1.807) is 14.0 Å². The Morgan fingerprint density at radius 2 is 2.24 bits per heavy atom. The van der Waals surface area contributed by atoms with Gasteiger partial charge in [0.1, 0.15) is 5.75 Å². The van der Waals surface area contributed by atoms with Gasteiger partial charge in [-0.05, 0) is 51.6 Å². The van der Waals surface area contributed by atoms with Crippen molar-refractivity contribution in [3.63, 3.8) is 0 Å². The number of benzene rings is 1. The van der Waals surface area contributed by atoms with E-state index < -0.39 is 0 Å². The van der Waals surface area contributed by atoms with Crippen LogP contribution in [-0.2, 0) is 6.54 Å². The predicted octanol–water partition coefficient (Wildman–Crippen LogP) is 2.47. The Morgan fingerprint density at radius 1 is 1.43 bits per heavy atom. The summed E-state index contributed by atoms with van der Waals surface area (Å²) < 4.78 is 5.42. The van der Waals surface area contributed by atoms with Crippen molar-refractivity contribution in [3.8, 4) is 5.75 Å². The van der Waals surface area contributed by atoms with Crippen molar-refractivity contribution in [3.05, 3.63) is 29.3 Å². The maximum atomic E-state index is 11.5. The van der Waals surface area contributed by atoms with Crippen LogP contribution in [0.2, 0.25) is 0 Å². The topological polar surface area (TPSA) is 41.6 Å². The van der Waals surface area contributed by atoms with Crippen molar-refractivity contribution in [2.24, 2.45) is 0 Å². The SMILES string of the molecule is COc1ccc(C(C)=O)cc1CN(C)CC1CCCCN1. The Hall–Kier alpha value is -1.39. The van der Waals surface area contributed by atoms with Crippen LogP contribution >= 0.6 is 0 Å². The van der Waals surface area contributed by atoms with Gasteiger partial charge in [-0.15, -0.1) is 0 Å². The van der Waals surface area contributed by atoms with Crippen LogP contribution in [-0.4, -0.2) is 44.0 Å². The highest BCUT2D eigenvalue weighted by Crippen LogP contribution is 2.22. The third kappa shape index (κ3) is 4.55. The molecule has 1 saturated heterocycles. The highest BCUT2D eigenvalue weighted by atomic mass is 16.5. The van der Waals surface area contributed by atoms with Gasteiger partial charge in [0.25, 0.3) is 0 Å². The molecule has 0 saturated carbocycles. The molecule has 1 atom stereocenters. The number of piperidine rings is 1. The van der Waals surface area contributed by atoms with E-state index in [-0.39, 0.29) is 5.78 Å². The number of hydrogen-bond donors (Lipinski definition) is 1. The molecule has 1 N–H and O–H groups in total. The number of nitrogens with one attached hydrogen (secondary N) is 1. The number of carbonyl (C=O) groups excluding carboxylic acids is 1. The van der Waals surface area contributed by atoms with Crippen LogP contribution in [0.5, 0.6) is 5.75 Å². The number of Topliss-reactive ketones (excluding diaryl/α,β-unsaturated/α-hetero) is 1. The zero-order chi connectivity index (χ0) is 15.2. The highest BCUT2D eigenvalue weighted by molar-refractivity contribution is 5.94. The van der Waals surface area contributed by atoms with Crippen LogP contribution in [0, 0.1) is 0 Å². The molecule has 1 heterocycles. The molecule has 0 aliphatic carbocycles.